The molecular weight excluding hydrogens is 344 g/mol. The average Bonchev–Trinajstić information content (AvgIpc) is 2.70. The van der Waals surface area contributed by atoms with Crippen LogP contribution in [0.2, 0.25) is 0 Å². The minimum atomic E-state index is -0.285. The highest BCUT2D eigenvalue weighted by Crippen LogP contribution is 2.08. The zero-order chi connectivity index (χ0) is 20.5. The number of unbranched alkanes of at least 4 members (excludes halogenated alkanes) is 8. The molecule has 0 radical (unpaired) electrons. The van der Waals surface area contributed by atoms with Crippen LogP contribution in [0.25, 0.3) is 0 Å². The summed E-state index contributed by atoms with van der Waals surface area (Å²) in [6, 6.07) is 0. The smallest absolute Gasteiger partial charge is 0.330 e. The maximum absolute atomic E-state index is 11.3. The number of carbonyl (C=O) groups excluding carboxylic acids is 1. The molecule has 0 amide bonds. The van der Waals surface area contributed by atoms with Gasteiger partial charge in [0.1, 0.15) is 0 Å². The number of hydrogen-bond acceptors (Lipinski definition) is 2. The van der Waals surface area contributed by atoms with Gasteiger partial charge in [0.25, 0.3) is 0 Å². The number of hydrogen-bond donors (Lipinski definition) is 0. The van der Waals surface area contributed by atoms with E-state index in [2.05, 4.69) is 32.1 Å². The van der Waals surface area contributed by atoms with Gasteiger partial charge >= 0.3 is 5.97 Å². The third kappa shape index (κ3) is 22.0. The van der Waals surface area contributed by atoms with Gasteiger partial charge in [-0.05, 0) is 19.3 Å². The first-order chi connectivity index (χ1) is 13.8. The Morgan fingerprint density at radius 1 is 0.607 bits per heavy atom. The molecule has 0 bridgehead atoms. The van der Waals surface area contributed by atoms with Crippen molar-refractivity contribution in [3.63, 3.8) is 0 Å². The molecule has 0 saturated heterocycles. The van der Waals surface area contributed by atoms with Crippen LogP contribution in [0.1, 0.15) is 78.1 Å². The standard InChI is InChI=1S/C26H40O2/c1-3-5-7-8-9-10-11-12-13-14-15-16-17-18-19-20-21-22-23-24-26(27)28-25-6-4-2/h13-24H,3-12,25H2,1-2H3. The van der Waals surface area contributed by atoms with Crippen molar-refractivity contribution in [3.8, 4) is 0 Å². The fraction of sp³-hybridized carbons (Fsp3) is 0.500. The van der Waals surface area contributed by atoms with Crippen molar-refractivity contribution >= 4 is 5.97 Å². The van der Waals surface area contributed by atoms with E-state index in [0.29, 0.717) is 6.61 Å². The van der Waals surface area contributed by atoms with E-state index in [-0.39, 0.29) is 5.97 Å². The molecule has 2 nitrogen and oxygen atoms in total. The monoisotopic (exact) mass is 384 g/mol. The van der Waals surface area contributed by atoms with Crippen LogP contribution >= 0.6 is 0 Å². The van der Waals surface area contributed by atoms with E-state index >= 15 is 0 Å². The molecular formula is C26H40O2. The van der Waals surface area contributed by atoms with Crippen molar-refractivity contribution in [1.29, 1.82) is 0 Å². The molecule has 0 heterocycles. The summed E-state index contributed by atoms with van der Waals surface area (Å²) in [4.78, 5) is 11.3. The Balaban J connectivity index is 3.66. The summed E-state index contributed by atoms with van der Waals surface area (Å²) in [6.45, 7) is 4.82. The molecule has 0 atom stereocenters. The molecule has 0 aromatic rings. The first-order valence-corrected chi connectivity index (χ1v) is 11.0. The van der Waals surface area contributed by atoms with Crippen LogP contribution in [0.15, 0.2) is 72.9 Å². The molecule has 0 spiro atoms. The highest BCUT2D eigenvalue weighted by atomic mass is 16.5. The van der Waals surface area contributed by atoms with Crippen molar-refractivity contribution in [2.24, 2.45) is 0 Å². The van der Waals surface area contributed by atoms with Crippen LogP contribution < -0.4 is 0 Å². The maximum Gasteiger partial charge on any atom is 0.330 e. The van der Waals surface area contributed by atoms with E-state index in [1.54, 1.807) is 6.08 Å². The summed E-state index contributed by atoms with van der Waals surface area (Å²) in [6.07, 6.45) is 35.8. The van der Waals surface area contributed by atoms with Gasteiger partial charge in [0.15, 0.2) is 0 Å². The van der Waals surface area contributed by atoms with Gasteiger partial charge in [-0.3, -0.25) is 0 Å². The number of esters is 1. The molecule has 0 saturated carbocycles. The van der Waals surface area contributed by atoms with Gasteiger partial charge in [-0.2, -0.15) is 0 Å². The number of ether oxygens (including phenoxy) is 1. The lowest BCUT2D eigenvalue weighted by molar-refractivity contribution is -0.137. The lowest BCUT2D eigenvalue weighted by atomic mass is 10.1. The van der Waals surface area contributed by atoms with Crippen LogP contribution in [0, 0.1) is 0 Å². The zero-order valence-electron chi connectivity index (χ0n) is 18.0. The van der Waals surface area contributed by atoms with E-state index in [0.717, 1.165) is 12.8 Å². The first kappa shape index (κ1) is 25.9. The second-order valence-corrected chi connectivity index (χ2v) is 6.76. The quantitative estimate of drug-likeness (QED) is 0.111. The van der Waals surface area contributed by atoms with Crippen LogP contribution in [0.5, 0.6) is 0 Å². The molecule has 0 aliphatic carbocycles. The summed E-state index contributed by atoms with van der Waals surface area (Å²) in [7, 11) is 0. The second-order valence-electron chi connectivity index (χ2n) is 6.76. The summed E-state index contributed by atoms with van der Waals surface area (Å²) in [5.74, 6) is -0.285. The number of allylic oxidation sites excluding steroid dienone is 11. The molecule has 0 aromatic heterocycles. The normalized spacial score (nSPS) is 12.8. The minimum absolute atomic E-state index is 0.285. The molecule has 2 heteroatoms. The third-order valence-corrected chi connectivity index (χ3v) is 4.08. The van der Waals surface area contributed by atoms with Crippen molar-refractivity contribution < 1.29 is 9.53 Å². The Kier molecular flexibility index (Phi) is 21.2. The van der Waals surface area contributed by atoms with Crippen LogP contribution in [0.4, 0.5) is 0 Å². The molecule has 0 rings (SSSR count). The second kappa shape index (κ2) is 23.0. The highest BCUT2D eigenvalue weighted by Gasteiger charge is 1.93. The van der Waals surface area contributed by atoms with Crippen LogP contribution in [0.3, 0.4) is 0 Å². The van der Waals surface area contributed by atoms with Gasteiger partial charge in [0, 0.05) is 6.08 Å². The molecule has 0 aliphatic heterocycles. The molecule has 0 aromatic carbocycles. The lowest BCUT2D eigenvalue weighted by Gasteiger charge is -1.98. The van der Waals surface area contributed by atoms with E-state index in [9.17, 15) is 4.79 Å². The van der Waals surface area contributed by atoms with E-state index < -0.39 is 0 Å². The zero-order valence-corrected chi connectivity index (χ0v) is 18.0. The SMILES string of the molecule is CCCCCCCCCC=CC=CC=CC=CC=CC=CC(=O)OCCCC. The van der Waals surface area contributed by atoms with Crippen molar-refractivity contribution in [2.75, 3.05) is 6.61 Å². The Morgan fingerprint density at radius 3 is 1.71 bits per heavy atom. The molecule has 0 unspecified atom stereocenters. The largest absolute Gasteiger partial charge is 0.463 e. The van der Waals surface area contributed by atoms with Crippen molar-refractivity contribution in [3.05, 3.63) is 72.9 Å². The van der Waals surface area contributed by atoms with Crippen LogP contribution in [-0.4, -0.2) is 12.6 Å². The van der Waals surface area contributed by atoms with Gasteiger partial charge in [0.05, 0.1) is 6.61 Å². The summed E-state index contributed by atoms with van der Waals surface area (Å²) < 4.78 is 5.02. The van der Waals surface area contributed by atoms with Crippen molar-refractivity contribution in [1.82, 2.24) is 0 Å². The third-order valence-electron chi connectivity index (χ3n) is 4.08. The summed E-state index contributed by atoms with van der Waals surface area (Å²) in [5, 5.41) is 0. The molecule has 156 valence electrons. The van der Waals surface area contributed by atoms with Gasteiger partial charge in [0.2, 0.25) is 0 Å². The van der Waals surface area contributed by atoms with E-state index in [1.807, 2.05) is 42.5 Å². The predicted octanol–water partition coefficient (Wildman–Crippen LogP) is 7.81. The first-order valence-electron chi connectivity index (χ1n) is 11.0. The van der Waals surface area contributed by atoms with Crippen LogP contribution in [-0.2, 0) is 9.53 Å². The Bertz CT molecular complexity index is 519. The van der Waals surface area contributed by atoms with E-state index in [1.165, 1.54) is 57.4 Å². The number of rotatable bonds is 17. The van der Waals surface area contributed by atoms with Gasteiger partial charge < -0.3 is 4.74 Å². The average molecular weight is 385 g/mol. The van der Waals surface area contributed by atoms with Crippen molar-refractivity contribution in [2.45, 2.75) is 78.1 Å². The highest BCUT2D eigenvalue weighted by molar-refractivity contribution is 5.82. The Hall–Kier alpha value is -2.09. The fourth-order valence-electron chi connectivity index (χ4n) is 2.41. The molecule has 0 fully saturated rings. The Morgan fingerprint density at radius 2 is 1.11 bits per heavy atom. The van der Waals surface area contributed by atoms with E-state index in [4.69, 9.17) is 4.74 Å². The molecule has 0 N–H and O–H groups in total. The minimum Gasteiger partial charge on any atom is -0.463 e. The number of carbonyl (C=O) groups is 1. The van der Waals surface area contributed by atoms with Gasteiger partial charge in [-0.25, -0.2) is 4.79 Å². The lowest BCUT2D eigenvalue weighted by Crippen LogP contribution is -2.01. The topological polar surface area (TPSA) is 26.3 Å². The van der Waals surface area contributed by atoms with Gasteiger partial charge in [-0.1, -0.05) is 126 Å². The fourth-order valence-corrected chi connectivity index (χ4v) is 2.41. The maximum atomic E-state index is 11.3. The Labute approximate surface area is 173 Å². The summed E-state index contributed by atoms with van der Waals surface area (Å²) in [5.41, 5.74) is 0. The molecule has 28 heavy (non-hydrogen) atoms. The molecule has 0 aliphatic rings. The van der Waals surface area contributed by atoms with Gasteiger partial charge in [-0.15, -0.1) is 0 Å². The predicted molar refractivity (Wildman–Crippen MR) is 123 cm³/mol. The summed E-state index contributed by atoms with van der Waals surface area (Å²) >= 11 is 0.